The molecular weight excluding hydrogens is 341 g/mol. The summed E-state index contributed by atoms with van der Waals surface area (Å²) in [6.07, 6.45) is -5.98. The van der Waals surface area contributed by atoms with Crippen LogP contribution in [-0.2, 0) is 17.5 Å². The van der Waals surface area contributed by atoms with Gasteiger partial charge in [0.05, 0.1) is 18.7 Å². The van der Waals surface area contributed by atoms with E-state index in [1.54, 1.807) is 0 Å². The minimum atomic E-state index is -4.63. The van der Waals surface area contributed by atoms with Crippen molar-refractivity contribution in [2.75, 3.05) is 13.1 Å². The number of nitrogens with zero attached hydrogens (tertiary/aromatic N) is 1. The Morgan fingerprint density at radius 1 is 1.38 bits per heavy atom. The molecule has 0 bridgehead atoms. The van der Waals surface area contributed by atoms with Crippen LogP contribution in [0.3, 0.4) is 0 Å². The molecule has 0 spiro atoms. The number of likely N-dealkylation sites (tertiary alicyclic amines) is 1. The second-order valence-electron chi connectivity index (χ2n) is 5.15. The minimum absolute atomic E-state index is 0.0408. The van der Waals surface area contributed by atoms with E-state index in [1.807, 2.05) is 0 Å². The molecule has 1 aromatic carbocycles. The number of halogens is 5. The highest BCUT2D eigenvalue weighted by Gasteiger charge is 2.32. The predicted molar refractivity (Wildman–Crippen MR) is 70.9 cm³/mol. The number of amides is 1. The molecule has 1 heterocycles. The summed E-state index contributed by atoms with van der Waals surface area (Å²) in [5.74, 6) is -0.0408. The van der Waals surface area contributed by atoms with Crippen molar-refractivity contribution in [1.29, 1.82) is 0 Å². The van der Waals surface area contributed by atoms with Gasteiger partial charge in [0.25, 0.3) is 0 Å². The molecule has 0 aromatic heterocycles. The fourth-order valence-corrected chi connectivity index (χ4v) is 2.31. The topological polar surface area (TPSA) is 59.0 Å². The highest BCUT2D eigenvalue weighted by atomic mass is 19.4. The number of benzene rings is 1. The van der Waals surface area contributed by atoms with Crippen molar-refractivity contribution < 1.29 is 41.3 Å². The standard InChI is InChI=1S/C14H14F5NO4/c15-12(16)23-7-8-5-9(14(17,18)19)1-2-11(8)24-10-3-4-20(6-10)13(21)22/h1-2,5,10,12H,3-4,6-7H2,(H,21,22). The summed E-state index contributed by atoms with van der Waals surface area (Å²) in [4.78, 5) is 11.9. The molecule has 1 saturated heterocycles. The first-order chi connectivity index (χ1) is 11.2. The van der Waals surface area contributed by atoms with Crippen LogP contribution in [0.1, 0.15) is 17.5 Å². The third kappa shape index (κ3) is 4.70. The van der Waals surface area contributed by atoms with E-state index in [4.69, 9.17) is 9.84 Å². The van der Waals surface area contributed by atoms with E-state index in [0.717, 1.165) is 17.0 Å². The minimum Gasteiger partial charge on any atom is -0.488 e. The van der Waals surface area contributed by atoms with Gasteiger partial charge in [-0.05, 0) is 18.2 Å². The fraction of sp³-hybridized carbons (Fsp3) is 0.500. The number of hydrogen-bond donors (Lipinski definition) is 1. The lowest BCUT2D eigenvalue weighted by molar-refractivity contribution is -0.139. The molecule has 10 heteroatoms. The molecule has 0 radical (unpaired) electrons. The van der Waals surface area contributed by atoms with Gasteiger partial charge in [0.1, 0.15) is 11.9 Å². The fourth-order valence-electron chi connectivity index (χ4n) is 2.31. The van der Waals surface area contributed by atoms with Gasteiger partial charge in [-0.2, -0.15) is 22.0 Å². The van der Waals surface area contributed by atoms with Crippen molar-refractivity contribution in [3.05, 3.63) is 29.3 Å². The molecule has 5 nitrogen and oxygen atoms in total. The molecule has 1 aliphatic heterocycles. The Morgan fingerprint density at radius 2 is 2.08 bits per heavy atom. The second kappa shape index (κ2) is 7.20. The summed E-state index contributed by atoms with van der Waals surface area (Å²) in [6.45, 7) is -3.62. The zero-order valence-electron chi connectivity index (χ0n) is 12.2. The largest absolute Gasteiger partial charge is 0.488 e. The van der Waals surface area contributed by atoms with Gasteiger partial charge in [0, 0.05) is 18.5 Å². The van der Waals surface area contributed by atoms with Crippen molar-refractivity contribution in [3.63, 3.8) is 0 Å². The van der Waals surface area contributed by atoms with Crippen LogP contribution in [0.15, 0.2) is 18.2 Å². The molecule has 24 heavy (non-hydrogen) atoms. The average molecular weight is 355 g/mol. The molecule has 0 saturated carbocycles. The molecule has 0 aliphatic carbocycles. The number of carbonyl (C=O) groups is 1. The van der Waals surface area contributed by atoms with Gasteiger partial charge in [0.2, 0.25) is 0 Å². The van der Waals surface area contributed by atoms with E-state index in [2.05, 4.69) is 4.74 Å². The number of alkyl halides is 5. The smallest absolute Gasteiger partial charge is 0.416 e. The van der Waals surface area contributed by atoms with Gasteiger partial charge in [-0.1, -0.05) is 0 Å². The summed E-state index contributed by atoms with van der Waals surface area (Å²) in [5, 5.41) is 8.86. The van der Waals surface area contributed by atoms with Crippen LogP contribution in [-0.4, -0.2) is 41.9 Å². The van der Waals surface area contributed by atoms with Gasteiger partial charge in [-0.15, -0.1) is 0 Å². The third-order valence-electron chi connectivity index (χ3n) is 3.46. The summed E-state index contributed by atoms with van der Waals surface area (Å²) < 4.78 is 72.1. The number of hydrogen-bond acceptors (Lipinski definition) is 3. The molecular formula is C14H14F5NO4. The number of rotatable bonds is 5. The van der Waals surface area contributed by atoms with Crippen molar-refractivity contribution in [2.45, 2.75) is 31.9 Å². The summed E-state index contributed by atoms with van der Waals surface area (Å²) in [7, 11) is 0. The lowest BCUT2D eigenvalue weighted by Gasteiger charge is -2.18. The Balaban J connectivity index is 2.16. The van der Waals surface area contributed by atoms with Gasteiger partial charge < -0.3 is 19.5 Å². The van der Waals surface area contributed by atoms with E-state index < -0.39 is 37.2 Å². The zero-order valence-corrected chi connectivity index (χ0v) is 12.2. The molecule has 1 aliphatic rings. The van der Waals surface area contributed by atoms with E-state index >= 15 is 0 Å². The van der Waals surface area contributed by atoms with E-state index in [0.29, 0.717) is 12.5 Å². The molecule has 1 atom stereocenters. The maximum atomic E-state index is 12.7. The van der Waals surface area contributed by atoms with Crippen LogP contribution in [0.25, 0.3) is 0 Å². The molecule has 1 fully saturated rings. The average Bonchev–Trinajstić information content (AvgIpc) is 2.93. The quantitative estimate of drug-likeness (QED) is 0.821. The molecule has 134 valence electrons. The van der Waals surface area contributed by atoms with Gasteiger partial charge in [-0.25, -0.2) is 4.79 Å². The highest BCUT2D eigenvalue weighted by molar-refractivity contribution is 5.65. The van der Waals surface area contributed by atoms with Crippen molar-refractivity contribution in [2.24, 2.45) is 0 Å². The second-order valence-corrected chi connectivity index (χ2v) is 5.15. The van der Waals surface area contributed by atoms with E-state index in [-0.39, 0.29) is 24.4 Å². The highest BCUT2D eigenvalue weighted by Crippen LogP contribution is 2.34. The monoisotopic (exact) mass is 355 g/mol. The number of carboxylic acid groups (broad SMARTS) is 1. The van der Waals surface area contributed by atoms with Crippen LogP contribution >= 0.6 is 0 Å². The van der Waals surface area contributed by atoms with E-state index in [1.165, 1.54) is 0 Å². The lowest BCUT2D eigenvalue weighted by Crippen LogP contribution is -2.29. The van der Waals surface area contributed by atoms with Crippen LogP contribution in [0.5, 0.6) is 5.75 Å². The Hall–Kier alpha value is -2.10. The first kappa shape index (κ1) is 18.2. The van der Waals surface area contributed by atoms with Gasteiger partial charge in [0.15, 0.2) is 0 Å². The predicted octanol–water partition coefficient (Wildman–Crippen LogP) is 3.58. The summed E-state index contributed by atoms with van der Waals surface area (Å²) in [5.41, 5.74) is -1.19. The zero-order chi connectivity index (χ0) is 17.9. The van der Waals surface area contributed by atoms with Gasteiger partial charge >= 0.3 is 18.9 Å². The van der Waals surface area contributed by atoms with Crippen LogP contribution in [0.4, 0.5) is 26.7 Å². The van der Waals surface area contributed by atoms with Crippen LogP contribution in [0.2, 0.25) is 0 Å². The Labute approximate surface area is 133 Å². The summed E-state index contributed by atoms with van der Waals surface area (Å²) >= 11 is 0. The first-order valence-electron chi connectivity index (χ1n) is 6.91. The van der Waals surface area contributed by atoms with Crippen molar-refractivity contribution >= 4 is 6.09 Å². The normalized spacial score (nSPS) is 18.2. The maximum Gasteiger partial charge on any atom is 0.416 e. The Morgan fingerprint density at radius 3 is 2.62 bits per heavy atom. The van der Waals surface area contributed by atoms with Crippen LogP contribution in [0, 0.1) is 0 Å². The lowest BCUT2D eigenvalue weighted by atomic mass is 10.1. The van der Waals surface area contributed by atoms with Crippen LogP contribution < -0.4 is 4.74 Å². The molecule has 2 rings (SSSR count). The third-order valence-corrected chi connectivity index (χ3v) is 3.46. The maximum absolute atomic E-state index is 12.7. The van der Waals surface area contributed by atoms with Crippen molar-refractivity contribution in [1.82, 2.24) is 4.90 Å². The van der Waals surface area contributed by atoms with Crippen molar-refractivity contribution in [3.8, 4) is 5.75 Å². The SMILES string of the molecule is O=C(O)N1CCC(Oc2ccc(C(F)(F)F)cc2COC(F)F)C1. The Kier molecular flexibility index (Phi) is 5.47. The number of ether oxygens (including phenoxy) is 2. The summed E-state index contributed by atoms with van der Waals surface area (Å²) in [6, 6.07) is 2.48. The molecule has 1 aromatic rings. The Bertz CT molecular complexity index is 593. The molecule has 1 amide bonds. The van der Waals surface area contributed by atoms with Gasteiger partial charge in [-0.3, -0.25) is 0 Å². The molecule has 1 unspecified atom stereocenters. The first-order valence-corrected chi connectivity index (χ1v) is 6.91. The molecule has 1 N–H and O–H groups in total. The van der Waals surface area contributed by atoms with E-state index in [9.17, 15) is 26.7 Å².